The highest BCUT2D eigenvalue weighted by Crippen LogP contribution is 2.34. The molecule has 2 atom stereocenters. The largest absolute Gasteiger partial charge is 0.481 e. The van der Waals surface area contributed by atoms with Gasteiger partial charge in [-0.05, 0) is 25.0 Å². The van der Waals surface area contributed by atoms with E-state index in [1.807, 2.05) is 0 Å². The predicted octanol–water partition coefficient (Wildman–Crippen LogP) is 3.42. The molecule has 0 spiro atoms. The number of rotatable bonds is 4. The van der Waals surface area contributed by atoms with Crippen molar-refractivity contribution in [2.75, 3.05) is 5.32 Å². The van der Waals surface area contributed by atoms with Gasteiger partial charge in [0.2, 0.25) is 5.91 Å². The zero-order valence-electron chi connectivity index (χ0n) is 11.7. The van der Waals surface area contributed by atoms with Crippen LogP contribution in [0.25, 0.3) is 0 Å². The summed E-state index contributed by atoms with van der Waals surface area (Å²) in [5, 5.41) is 23.2. The topological polar surface area (TPSA) is 110 Å². The average molecular weight is 359 g/mol. The number of benzene rings is 1. The molecule has 122 valence electrons. The van der Waals surface area contributed by atoms with E-state index >= 15 is 0 Å². The Labute approximate surface area is 141 Å². The number of anilines is 1. The molecule has 1 aromatic carbocycles. The van der Waals surface area contributed by atoms with Crippen molar-refractivity contribution in [3.8, 4) is 0 Å². The van der Waals surface area contributed by atoms with E-state index in [1.165, 1.54) is 12.1 Å². The second kappa shape index (κ2) is 6.97. The van der Waals surface area contributed by atoms with Gasteiger partial charge in [0, 0.05) is 16.1 Å². The summed E-state index contributed by atoms with van der Waals surface area (Å²) >= 11 is 11.6. The summed E-state index contributed by atoms with van der Waals surface area (Å²) in [5.41, 5.74) is -0.408. The van der Waals surface area contributed by atoms with Crippen LogP contribution < -0.4 is 5.32 Å². The molecule has 2 N–H and O–H groups in total. The molecule has 0 heterocycles. The molecule has 0 unspecified atom stereocenters. The van der Waals surface area contributed by atoms with Gasteiger partial charge < -0.3 is 10.4 Å². The molecule has 9 heteroatoms. The lowest BCUT2D eigenvalue weighted by atomic mass is 9.82. The number of halogens is 2. The molecule has 0 aromatic heterocycles. The van der Waals surface area contributed by atoms with E-state index in [2.05, 4.69) is 5.32 Å². The van der Waals surface area contributed by atoms with E-state index in [9.17, 15) is 24.8 Å². The Bertz CT molecular complexity index is 704. The van der Waals surface area contributed by atoms with Crippen LogP contribution in [-0.4, -0.2) is 21.9 Å². The Hall–Kier alpha value is -2.12. The second-order valence-corrected chi connectivity index (χ2v) is 5.97. The third-order valence-corrected chi connectivity index (χ3v) is 4.11. The zero-order chi connectivity index (χ0) is 17.1. The van der Waals surface area contributed by atoms with Gasteiger partial charge in [-0.25, -0.2) is 0 Å². The van der Waals surface area contributed by atoms with Crippen molar-refractivity contribution in [1.29, 1.82) is 0 Å². The molecule has 7 nitrogen and oxygen atoms in total. The fourth-order valence-electron chi connectivity index (χ4n) is 2.39. The minimum atomic E-state index is -1.11. The number of amides is 1. The van der Waals surface area contributed by atoms with Gasteiger partial charge in [0.15, 0.2) is 0 Å². The summed E-state index contributed by atoms with van der Waals surface area (Å²) in [4.78, 5) is 34.0. The smallest absolute Gasteiger partial charge is 0.307 e. The van der Waals surface area contributed by atoms with Gasteiger partial charge in [-0.3, -0.25) is 19.7 Å². The molecule has 0 saturated heterocycles. The minimum Gasteiger partial charge on any atom is -0.481 e. The summed E-state index contributed by atoms with van der Waals surface area (Å²) in [5.74, 6) is -3.57. The summed E-state index contributed by atoms with van der Waals surface area (Å²) in [6.07, 6.45) is 1.77. The number of carboxylic acid groups (broad SMARTS) is 1. The molecule has 0 bridgehead atoms. The third-order valence-electron chi connectivity index (χ3n) is 3.56. The summed E-state index contributed by atoms with van der Waals surface area (Å²) in [7, 11) is 0. The van der Waals surface area contributed by atoms with Gasteiger partial charge in [-0.15, -0.1) is 0 Å². The zero-order valence-corrected chi connectivity index (χ0v) is 13.2. The predicted molar refractivity (Wildman–Crippen MR) is 84.5 cm³/mol. The highest BCUT2D eigenvalue weighted by atomic mass is 35.5. The number of aliphatic carboxylic acids is 1. The molecule has 0 radical (unpaired) electrons. The van der Waals surface area contributed by atoms with E-state index in [-0.39, 0.29) is 29.2 Å². The lowest BCUT2D eigenvalue weighted by Crippen LogP contribution is -2.35. The molecule has 1 aliphatic rings. The fraction of sp³-hybridized carbons (Fsp3) is 0.286. The molecule has 1 amide bonds. The van der Waals surface area contributed by atoms with Gasteiger partial charge >= 0.3 is 5.97 Å². The lowest BCUT2D eigenvalue weighted by Gasteiger charge is -2.25. The quantitative estimate of drug-likeness (QED) is 0.632. The number of hydrogen-bond acceptors (Lipinski definition) is 4. The number of carboxylic acids is 1. The van der Waals surface area contributed by atoms with E-state index in [1.54, 1.807) is 6.08 Å². The number of carbonyl (C=O) groups is 2. The van der Waals surface area contributed by atoms with Crippen molar-refractivity contribution in [2.45, 2.75) is 12.8 Å². The molecular formula is C14H12Cl2N2O5. The Balaban J connectivity index is 2.26. The normalized spacial score (nSPS) is 20.5. The van der Waals surface area contributed by atoms with Gasteiger partial charge in [0.25, 0.3) is 5.69 Å². The van der Waals surface area contributed by atoms with Crippen LogP contribution >= 0.6 is 23.2 Å². The van der Waals surface area contributed by atoms with Crippen molar-refractivity contribution in [3.63, 3.8) is 0 Å². The Morgan fingerprint density at radius 1 is 1.30 bits per heavy atom. The number of allylic oxidation sites excluding steroid dienone is 2. The van der Waals surface area contributed by atoms with E-state index in [0.29, 0.717) is 5.03 Å². The fourth-order valence-corrected chi connectivity index (χ4v) is 2.81. The van der Waals surface area contributed by atoms with Crippen molar-refractivity contribution >= 4 is 46.5 Å². The first kappa shape index (κ1) is 17.2. The van der Waals surface area contributed by atoms with Gasteiger partial charge in [-0.2, -0.15) is 0 Å². The molecule has 23 heavy (non-hydrogen) atoms. The second-order valence-electron chi connectivity index (χ2n) is 5.05. The van der Waals surface area contributed by atoms with Crippen molar-refractivity contribution in [3.05, 3.63) is 44.4 Å². The van der Waals surface area contributed by atoms with Crippen LogP contribution in [0.15, 0.2) is 29.3 Å². The molecule has 0 fully saturated rings. The van der Waals surface area contributed by atoms with Crippen LogP contribution in [0.3, 0.4) is 0 Å². The number of nitrogens with one attached hydrogen (secondary N) is 1. The molecular weight excluding hydrogens is 347 g/mol. The molecule has 2 rings (SSSR count). The Morgan fingerprint density at radius 2 is 2.00 bits per heavy atom. The first-order valence-electron chi connectivity index (χ1n) is 6.61. The SMILES string of the molecule is O=C(O)[C@@H]1CC=C(Cl)C[C@H]1C(=O)Nc1ccc(Cl)cc1[N+](=O)[O-]. The number of nitro benzene ring substituents is 1. The van der Waals surface area contributed by atoms with E-state index in [4.69, 9.17) is 23.2 Å². The number of nitrogens with zero attached hydrogens (tertiary/aromatic N) is 1. The minimum absolute atomic E-state index is 0.0424. The average Bonchev–Trinajstić information content (AvgIpc) is 2.48. The van der Waals surface area contributed by atoms with Crippen LogP contribution in [0.5, 0.6) is 0 Å². The van der Waals surface area contributed by atoms with Crippen molar-refractivity contribution in [1.82, 2.24) is 0 Å². The molecule has 0 aliphatic heterocycles. The number of hydrogen-bond donors (Lipinski definition) is 2. The standard InChI is InChI=1S/C14H12Cl2N2O5/c15-7-1-3-9(14(20)21)10(5-7)13(19)17-11-4-2-8(16)6-12(11)18(22)23/h1-2,4,6,9-10H,3,5H2,(H,17,19)(H,20,21)/t9-,10-/m1/s1. The maximum atomic E-state index is 12.4. The lowest BCUT2D eigenvalue weighted by molar-refractivity contribution is -0.383. The number of nitro groups is 1. The molecule has 1 aromatic rings. The van der Waals surface area contributed by atoms with Crippen molar-refractivity contribution < 1.29 is 19.6 Å². The van der Waals surface area contributed by atoms with Crippen LogP contribution in [0.4, 0.5) is 11.4 Å². The monoisotopic (exact) mass is 358 g/mol. The molecule has 0 saturated carbocycles. The highest BCUT2D eigenvalue weighted by Gasteiger charge is 2.36. The first-order valence-corrected chi connectivity index (χ1v) is 7.37. The van der Waals surface area contributed by atoms with Gasteiger partial charge in [0.1, 0.15) is 5.69 Å². The maximum absolute atomic E-state index is 12.4. The van der Waals surface area contributed by atoms with Crippen molar-refractivity contribution in [2.24, 2.45) is 11.8 Å². The van der Waals surface area contributed by atoms with E-state index in [0.717, 1.165) is 6.07 Å². The van der Waals surface area contributed by atoms with Gasteiger partial charge in [-0.1, -0.05) is 29.3 Å². The van der Waals surface area contributed by atoms with E-state index < -0.39 is 28.6 Å². The summed E-state index contributed by atoms with van der Waals surface area (Å²) < 4.78 is 0. The van der Waals surface area contributed by atoms with Crippen LogP contribution in [0.1, 0.15) is 12.8 Å². The summed E-state index contributed by atoms with van der Waals surface area (Å²) in [6, 6.07) is 3.81. The first-order chi connectivity index (χ1) is 10.8. The number of carbonyl (C=O) groups excluding carboxylic acids is 1. The van der Waals surface area contributed by atoms with Crippen LogP contribution in [-0.2, 0) is 9.59 Å². The van der Waals surface area contributed by atoms with Crippen LogP contribution in [0.2, 0.25) is 5.02 Å². The van der Waals surface area contributed by atoms with Gasteiger partial charge in [0.05, 0.1) is 16.8 Å². The third kappa shape index (κ3) is 4.00. The molecule has 1 aliphatic carbocycles. The Kier molecular flexibility index (Phi) is 5.23. The summed E-state index contributed by atoms with van der Waals surface area (Å²) in [6.45, 7) is 0. The van der Waals surface area contributed by atoms with Crippen LogP contribution in [0, 0.1) is 22.0 Å². The highest BCUT2D eigenvalue weighted by molar-refractivity contribution is 6.31. The maximum Gasteiger partial charge on any atom is 0.307 e. The Morgan fingerprint density at radius 3 is 2.61 bits per heavy atom.